The molecule has 2 heterocycles. The molecule has 168 valence electrons. The van der Waals surface area contributed by atoms with Crippen LogP contribution in [0, 0.1) is 0 Å². The Bertz CT molecular complexity index is 1190. The maximum Gasteiger partial charge on any atom is 0.271 e. The first-order chi connectivity index (χ1) is 15.4. The molecule has 1 aliphatic rings. The molecule has 1 aliphatic heterocycles. The highest BCUT2D eigenvalue weighted by Gasteiger charge is 2.39. The summed E-state index contributed by atoms with van der Waals surface area (Å²) >= 11 is 1.15. The second-order valence-corrected chi connectivity index (χ2v) is 10.7. The van der Waals surface area contributed by atoms with Crippen molar-refractivity contribution in [1.29, 1.82) is 0 Å². The topological polar surface area (TPSA) is 84.5 Å². The van der Waals surface area contributed by atoms with Gasteiger partial charge in [0.2, 0.25) is 0 Å². The summed E-state index contributed by atoms with van der Waals surface area (Å²) in [4.78, 5) is 13.0. The highest BCUT2D eigenvalue weighted by atomic mass is 32.2. The van der Waals surface area contributed by atoms with Crippen molar-refractivity contribution in [3.8, 4) is 5.75 Å². The highest BCUT2D eigenvalue weighted by molar-refractivity contribution is 7.94. The molecule has 0 saturated heterocycles. The fourth-order valence-corrected chi connectivity index (χ4v) is 6.03. The van der Waals surface area contributed by atoms with Crippen LogP contribution >= 0.6 is 11.3 Å². The third-order valence-corrected chi connectivity index (χ3v) is 8.73. The minimum atomic E-state index is -3.62. The van der Waals surface area contributed by atoms with Crippen molar-refractivity contribution < 1.29 is 17.9 Å². The van der Waals surface area contributed by atoms with Crippen molar-refractivity contribution in [3.63, 3.8) is 0 Å². The van der Waals surface area contributed by atoms with Gasteiger partial charge < -0.3 is 10.1 Å². The number of sulfonamides is 1. The van der Waals surface area contributed by atoms with E-state index in [0.29, 0.717) is 17.7 Å². The number of rotatable bonds is 7. The summed E-state index contributed by atoms with van der Waals surface area (Å²) in [6.07, 6.45) is 2.40. The van der Waals surface area contributed by atoms with Gasteiger partial charge in [0.25, 0.3) is 15.9 Å². The van der Waals surface area contributed by atoms with Crippen molar-refractivity contribution in [1.82, 2.24) is 5.32 Å². The highest BCUT2D eigenvalue weighted by Crippen LogP contribution is 2.42. The number of anilines is 1. The normalized spacial score (nSPS) is 17.1. The lowest BCUT2D eigenvalue weighted by molar-refractivity contribution is 0.0227. The van der Waals surface area contributed by atoms with Crippen molar-refractivity contribution in [2.45, 2.75) is 49.0 Å². The molecule has 2 N–H and O–H groups in total. The van der Waals surface area contributed by atoms with Crippen molar-refractivity contribution in [2.24, 2.45) is 0 Å². The molecule has 0 fully saturated rings. The molecule has 0 spiro atoms. The van der Waals surface area contributed by atoms with Crippen LogP contribution in [0.1, 0.15) is 55.1 Å². The van der Waals surface area contributed by atoms with Gasteiger partial charge in [0.15, 0.2) is 0 Å². The van der Waals surface area contributed by atoms with E-state index in [2.05, 4.69) is 23.9 Å². The molecule has 1 atom stereocenters. The number of amides is 1. The van der Waals surface area contributed by atoms with Crippen LogP contribution in [0.4, 0.5) is 5.69 Å². The summed E-state index contributed by atoms with van der Waals surface area (Å²) in [7, 11) is -3.62. The van der Waals surface area contributed by atoms with Crippen molar-refractivity contribution >= 4 is 33.0 Å². The first-order valence-electron chi connectivity index (χ1n) is 10.6. The van der Waals surface area contributed by atoms with Crippen LogP contribution < -0.4 is 14.8 Å². The van der Waals surface area contributed by atoms with Gasteiger partial charge in [-0.15, -0.1) is 11.3 Å². The smallest absolute Gasteiger partial charge is 0.271 e. The zero-order chi connectivity index (χ0) is 22.8. The Labute approximate surface area is 192 Å². The minimum Gasteiger partial charge on any atom is -0.487 e. The number of carbonyl (C=O) groups is 1. The zero-order valence-electron chi connectivity index (χ0n) is 18.0. The van der Waals surface area contributed by atoms with Crippen LogP contribution in [0.25, 0.3) is 0 Å². The molecule has 32 heavy (non-hydrogen) atoms. The van der Waals surface area contributed by atoms with Crippen LogP contribution in [-0.2, 0) is 10.0 Å². The molecule has 0 unspecified atom stereocenters. The van der Waals surface area contributed by atoms with E-state index in [4.69, 9.17) is 4.74 Å². The number of carbonyl (C=O) groups excluding carboxylic acids is 1. The molecule has 0 aliphatic carbocycles. The SMILES string of the molecule is CCC1(CC)C[C@H](NC(=O)c2ccc(NS(=O)(=O)c3cccs3)cc2)c2ccccc2O1. The minimum absolute atomic E-state index is 0.163. The summed E-state index contributed by atoms with van der Waals surface area (Å²) in [5.41, 5.74) is 1.53. The summed E-state index contributed by atoms with van der Waals surface area (Å²) in [5.74, 6) is 0.603. The van der Waals surface area contributed by atoms with E-state index >= 15 is 0 Å². The third kappa shape index (κ3) is 4.52. The molecular weight excluding hydrogens is 444 g/mol. The first-order valence-corrected chi connectivity index (χ1v) is 13.0. The molecule has 1 amide bonds. The summed E-state index contributed by atoms with van der Waals surface area (Å²) in [6.45, 7) is 4.21. The number of nitrogens with one attached hydrogen (secondary N) is 2. The number of hydrogen-bond donors (Lipinski definition) is 2. The summed E-state index contributed by atoms with van der Waals surface area (Å²) in [6, 6.07) is 17.3. The Morgan fingerprint density at radius 3 is 2.44 bits per heavy atom. The molecule has 4 rings (SSSR count). The second kappa shape index (κ2) is 8.96. The number of ether oxygens (including phenoxy) is 1. The summed E-state index contributed by atoms with van der Waals surface area (Å²) in [5, 5.41) is 4.86. The predicted molar refractivity (Wildman–Crippen MR) is 127 cm³/mol. The van der Waals surface area contributed by atoms with Crippen LogP contribution in [-0.4, -0.2) is 19.9 Å². The zero-order valence-corrected chi connectivity index (χ0v) is 19.6. The van der Waals surface area contributed by atoms with E-state index < -0.39 is 10.0 Å². The van der Waals surface area contributed by atoms with Gasteiger partial charge in [-0.2, -0.15) is 0 Å². The molecule has 8 heteroatoms. The second-order valence-electron chi connectivity index (χ2n) is 7.88. The molecule has 0 radical (unpaired) electrons. The number of thiophene rings is 1. The maximum absolute atomic E-state index is 13.0. The Morgan fingerprint density at radius 1 is 1.06 bits per heavy atom. The van der Waals surface area contributed by atoms with Gasteiger partial charge in [0.1, 0.15) is 15.6 Å². The fourth-order valence-electron chi connectivity index (χ4n) is 3.98. The number of fused-ring (bicyclic) bond motifs is 1. The molecular formula is C24H26N2O4S2. The molecule has 0 bridgehead atoms. The molecule has 3 aromatic rings. The molecule has 6 nitrogen and oxygen atoms in total. The van der Waals surface area contributed by atoms with Gasteiger partial charge in [-0.25, -0.2) is 8.42 Å². The van der Waals surface area contributed by atoms with Gasteiger partial charge in [-0.1, -0.05) is 38.1 Å². The Hall–Kier alpha value is -2.84. The maximum atomic E-state index is 13.0. The van der Waals surface area contributed by atoms with Gasteiger partial charge in [-0.3, -0.25) is 9.52 Å². The van der Waals surface area contributed by atoms with Crippen LogP contribution in [0.2, 0.25) is 0 Å². The van der Waals surface area contributed by atoms with Crippen LogP contribution in [0.3, 0.4) is 0 Å². The molecule has 0 saturated carbocycles. The van der Waals surface area contributed by atoms with E-state index in [1.165, 1.54) is 0 Å². The quantitative estimate of drug-likeness (QED) is 0.487. The van der Waals surface area contributed by atoms with E-state index in [0.717, 1.165) is 35.5 Å². The third-order valence-electron chi connectivity index (χ3n) is 5.95. The standard InChI is InChI=1S/C24H26N2O4S2/c1-3-24(4-2)16-20(19-8-5-6-9-21(19)30-24)25-23(27)17-11-13-18(14-12-17)26-32(28,29)22-10-7-15-31-22/h5-15,20,26H,3-4,16H2,1-2H3,(H,25,27)/t20-/m0/s1. The first kappa shape index (κ1) is 22.4. The van der Waals surface area contributed by atoms with E-state index in [1.54, 1.807) is 41.8 Å². The van der Waals surface area contributed by atoms with Crippen LogP contribution in [0.15, 0.2) is 70.3 Å². The van der Waals surface area contributed by atoms with Crippen molar-refractivity contribution in [2.75, 3.05) is 4.72 Å². The Kier molecular flexibility index (Phi) is 6.26. The fraction of sp³-hybridized carbons (Fsp3) is 0.292. The monoisotopic (exact) mass is 470 g/mol. The van der Waals surface area contributed by atoms with Crippen molar-refractivity contribution in [3.05, 3.63) is 77.2 Å². The van der Waals surface area contributed by atoms with E-state index in [9.17, 15) is 13.2 Å². The molecule has 1 aromatic heterocycles. The number of hydrogen-bond acceptors (Lipinski definition) is 5. The lowest BCUT2D eigenvalue weighted by Gasteiger charge is -2.41. The lowest BCUT2D eigenvalue weighted by atomic mass is 9.83. The van der Waals surface area contributed by atoms with E-state index in [-0.39, 0.29) is 21.8 Å². The average Bonchev–Trinajstić information content (AvgIpc) is 3.35. The van der Waals surface area contributed by atoms with Gasteiger partial charge >= 0.3 is 0 Å². The Balaban J connectivity index is 1.50. The van der Waals surface area contributed by atoms with Crippen LogP contribution in [0.5, 0.6) is 5.75 Å². The van der Waals surface area contributed by atoms with E-state index in [1.807, 2.05) is 24.3 Å². The lowest BCUT2D eigenvalue weighted by Crippen LogP contribution is -2.44. The van der Waals surface area contributed by atoms with Gasteiger partial charge in [0, 0.05) is 23.2 Å². The number of benzene rings is 2. The average molecular weight is 471 g/mol. The largest absolute Gasteiger partial charge is 0.487 e. The van der Waals surface area contributed by atoms with Gasteiger partial charge in [0.05, 0.1) is 6.04 Å². The predicted octanol–water partition coefficient (Wildman–Crippen LogP) is 5.36. The Morgan fingerprint density at radius 2 is 1.78 bits per heavy atom. The molecule has 2 aromatic carbocycles. The number of para-hydroxylation sites is 1. The summed E-state index contributed by atoms with van der Waals surface area (Å²) < 4.78 is 33.9. The van der Waals surface area contributed by atoms with Gasteiger partial charge in [-0.05, 0) is 54.6 Å².